The molecule has 0 radical (unpaired) electrons. The Bertz CT molecular complexity index is 282. The third kappa shape index (κ3) is 4.54. The number of rotatable bonds is 4. The molecule has 86 valence electrons. The van der Waals surface area contributed by atoms with Crippen LogP contribution in [-0.4, -0.2) is 32.2 Å². The average Bonchev–Trinajstić information content (AvgIpc) is 2.19. The molecule has 1 aromatic rings. The summed E-state index contributed by atoms with van der Waals surface area (Å²) in [5.41, 5.74) is 1.36. The average molecular weight is 230 g/mol. The van der Waals surface area contributed by atoms with Gasteiger partial charge in [0.2, 0.25) is 0 Å². The van der Waals surface area contributed by atoms with Gasteiger partial charge in [-0.05, 0) is 31.2 Å². The highest BCUT2D eigenvalue weighted by molar-refractivity contribution is 5.26. The lowest BCUT2D eigenvalue weighted by Crippen LogP contribution is -3.00. The molecule has 2 nitrogen and oxygen atoms in total. The van der Waals surface area contributed by atoms with Crippen LogP contribution in [0.1, 0.15) is 12.5 Å². The number of halogens is 1. The number of hydrogen-bond donors (Lipinski definition) is 0. The van der Waals surface area contributed by atoms with Crippen molar-refractivity contribution in [3.8, 4) is 5.75 Å². The van der Waals surface area contributed by atoms with Gasteiger partial charge in [0.1, 0.15) is 12.3 Å². The largest absolute Gasteiger partial charge is 1.00 e. The Hall–Kier alpha value is -0.730. The van der Waals surface area contributed by atoms with E-state index in [1.165, 1.54) is 5.56 Å². The maximum Gasteiger partial charge on any atom is 0.118 e. The van der Waals surface area contributed by atoms with Gasteiger partial charge >= 0.3 is 0 Å². The Morgan fingerprint density at radius 3 is 2.07 bits per heavy atom. The summed E-state index contributed by atoms with van der Waals surface area (Å²) in [4.78, 5) is 0. The molecule has 0 N–H and O–H groups in total. The molecule has 0 heterocycles. The highest BCUT2D eigenvalue weighted by Crippen LogP contribution is 2.14. The zero-order chi connectivity index (χ0) is 10.6. The van der Waals surface area contributed by atoms with Crippen LogP contribution in [0.3, 0.4) is 0 Å². The van der Waals surface area contributed by atoms with Crippen molar-refractivity contribution in [1.82, 2.24) is 0 Å². The summed E-state index contributed by atoms with van der Waals surface area (Å²) >= 11 is 0. The third-order valence-corrected chi connectivity index (χ3v) is 2.63. The number of ether oxygens (including phenoxy) is 1. The van der Waals surface area contributed by atoms with Crippen LogP contribution in [0.15, 0.2) is 24.3 Å². The van der Waals surface area contributed by atoms with Crippen LogP contribution in [0, 0.1) is 0 Å². The van der Waals surface area contributed by atoms with E-state index >= 15 is 0 Å². The van der Waals surface area contributed by atoms with Crippen LogP contribution < -0.4 is 17.1 Å². The maximum absolute atomic E-state index is 5.12. The summed E-state index contributed by atoms with van der Waals surface area (Å²) in [5.74, 6) is 0.926. The fraction of sp³-hybridized carbons (Fsp3) is 0.500. The lowest BCUT2D eigenvalue weighted by Gasteiger charge is -2.28. The number of methoxy groups -OCH3 is 1. The predicted molar refractivity (Wildman–Crippen MR) is 59.3 cm³/mol. The van der Waals surface area contributed by atoms with E-state index in [-0.39, 0.29) is 12.4 Å². The molecule has 0 amide bonds. The second-order valence-electron chi connectivity index (χ2n) is 4.26. The minimum atomic E-state index is 0. The number of hydrogen-bond acceptors (Lipinski definition) is 1. The standard InChI is InChI=1S/C12H20NO.ClH/c1-5-13(2,3)10-11-6-8-12(14-4)9-7-11;/h6-9H,5,10H2,1-4H3;1H/q+1;/p-1. The molecule has 1 rings (SSSR count). The number of quaternary nitrogens is 1. The fourth-order valence-corrected chi connectivity index (χ4v) is 1.34. The van der Waals surface area contributed by atoms with Crippen molar-refractivity contribution in [2.75, 3.05) is 27.7 Å². The molecule has 0 aromatic heterocycles. The normalized spacial score (nSPS) is 10.7. The molecular formula is C12H20ClNO. The molecule has 15 heavy (non-hydrogen) atoms. The molecule has 0 atom stereocenters. The highest BCUT2D eigenvalue weighted by atomic mass is 35.5. The first-order chi connectivity index (χ1) is 6.57. The molecule has 3 heteroatoms. The van der Waals surface area contributed by atoms with Gasteiger partial charge in [-0.2, -0.15) is 0 Å². The van der Waals surface area contributed by atoms with Crippen LogP contribution in [0.2, 0.25) is 0 Å². The molecule has 0 unspecified atom stereocenters. The van der Waals surface area contributed by atoms with Gasteiger partial charge in [-0.3, -0.25) is 0 Å². The Morgan fingerprint density at radius 2 is 1.67 bits per heavy atom. The van der Waals surface area contributed by atoms with Gasteiger partial charge in [-0.1, -0.05) is 0 Å². The molecule has 0 fully saturated rings. The van der Waals surface area contributed by atoms with Gasteiger partial charge in [-0.15, -0.1) is 0 Å². The van der Waals surface area contributed by atoms with Crippen molar-refractivity contribution in [3.05, 3.63) is 29.8 Å². The van der Waals surface area contributed by atoms with Gasteiger partial charge in [0.25, 0.3) is 0 Å². The maximum atomic E-state index is 5.12. The van der Waals surface area contributed by atoms with Crippen LogP contribution in [-0.2, 0) is 6.54 Å². The molecule has 0 aliphatic rings. The smallest absolute Gasteiger partial charge is 0.118 e. The minimum absolute atomic E-state index is 0. The Morgan fingerprint density at radius 1 is 1.13 bits per heavy atom. The summed E-state index contributed by atoms with van der Waals surface area (Å²) in [6.45, 7) is 4.43. The van der Waals surface area contributed by atoms with E-state index in [0.29, 0.717) is 0 Å². The second-order valence-corrected chi connectivity index (χ2v) is 4.26. The lowest BCUT2D eigenvalue weighted by molar-refractivity contribution is -0.901. The number of benzene rings is 1. The van der Waals surface area contributed by atoms with E-state index in [1.807, 2.05) is 12.1 Å². The highest BCUT2D eigenvalue weighted by Gasteiger charge is 2.12. The first-order valence-corrected chi connectivity index (χ1v) is 5.02. The van der Waals surface area contributed by atoms with E-state index in [4.69, 9.17) is 4.74 Å². The summed E-state index contributed by atoms with van der Waals surface area (Å²) < 4.78 is 6.14. The number of nitrogens with zero attached hydrogens (tertiary/aromatic N) is 1. The zero-order valence-corrected chi connectivity index (χ0v) is 10.7. The molecule has 0 bridgehead atoms. The van der Waals surface area contributed by atoms with E-state index in [2.05, 4.69) is 33.2 Å². The van der Waals surface area contributed by atoms with Crippen molar-refractivity contribution < 1.29 is 21.6 Å². The van der Waals surface area contributed by atoms with Gasteiger partial charge in [0, 0.05) is 5.56 Å². The molecule has 0 saturated heterocycles. The first kappa shape index (κ1) is 14.3. The van der Waals surface area contributed by atoms with Crippen LogP contribution in [0.25, 0.3) is 0 Å². The van der Waals surface area contributed by atoms with E-state index in [0.717, 1.165) is 23.3 Å². The van der Waals surface area contributed by atoms with Gasteiger partial charge in [0.05, 0.1) is 27.7 Å². The fourth-order valence-electron chi connectivity index (χ4n) is 1.34. The first-order valence-electron chi connectivity index (χ1n) is 5.02. The zero-order valence-electron chi connectivity index (χ0n) is 9.96. The molecule has 0 saturated carbocycles. The monoisotopic (exact) mass is 229 g/mol. The Labute approximate surface area is 98.9 Å². The van der Waals surface area contributed by atoms with Gasteiger partial charge in [-0.25, -0.2) is 0 Å². The van der Waals surface area contributed by atoms with E-state index in [1.54, 1.807) is 7.11 Å². The topological polar surface area (TPSA) is 9.23 Å². The Balaban J connectivity index is 0.00000196. The van der Waals surface area contributed by atoms with Gasteiger partial charge in [0.15, 0.2) is 0 Å². The SMILES string of the molecule is CC[N+](C)(C)Cc1ccc(OC)cc1.[Cl-]. The summed E-state index contributed by atoms with van der Waals surface area (Å²) in [7, 11) is 6.18. The summed E-state index contributed by atoms with van der Waals surface area (Å²) in [6.07, 6.45) is 0. The molecule has 1 aromatic carbocycles. The van der Waals surface area contributed by atoms with Crippen LogP contribution in [0.5, 0.6) is 5.75 Å². The summed E-state index contributed by atoms with van der Waals surface area (Å²) in [5, 5.41) is 0. The van der Waals surface area contributed by atoms with Crippen LogP contribution in [0.4, 0.5) is 0 Å². The Kier molecular flexibility index (Phi) is 5.69. The molecular weight excluding hydrogens is 210 g/mol. The van der Waals surface area contributed by atoms with Crippen molar-refractivity contribution in [2.24, 2.45) is 0 Å². The minimum Gasteiger partial charge on any atom is -1.00 e. The molecule has 0 spiro atoms. The lowest BCUT2D eigenvalue weighted by atomic mass is 10.2. The summed E-state index contributed by atoms with van der Waals surface area (Å²) in [6, 6.07) is 8.30. The van der Waals surface area contributed by atoms with E-state index < -0.39 is 0 Å². The van der Waals surface area contributed by atoms with Crippen molar-refractivity contribution >= 4 is 0 Å². The van der Waals surface area contributed by atoms with Crippen LogP contribution >= 0.6 is 0 Å². The predicted octanol–water partition coefficient (Wildman–Crippen LogP) is -0.704. The van der Waals surface area contributed by atoms with Crippen molar-refractivity contribution in [1.29, 1.82) is 0 Å². The third-order valence-electron chi connectivity index (χ3n) is 2.63. The second kappa shape index (κ2) is 5.99. The quantitative estimate of drug-likeness (QED) is 0.621. The van der Waals surface area contributed by atoms with E-state index in [9.17, 15) is 0 Å². The molecule has 0 aliphatic heterocycles. The van der Waals surface area contributed by atoms with Crippen molar-refractivity contribution in [2.45, 2.75) is 13.5 Å². The molecule has 0 aliphatic carbocycles. The van der Waals surface area contributed by atoms with Gasteiger partial charge < -0.3 is 21.6 Å². The van der Waals surface area contributed by atoms with Crippen molar-refractivity contribution in [3.63, 3.8) is 0 Å².